The third-order valence-electron chi connectivity index (χ3n) is 1.91. The van der Waals surface area contributed by atoms with Gasteiger partial charge < -0.3 is 0 Å². The van der Waals surface area contributed by atoms with Gasteiger partial charge in [-0.25, -0.2) is 4.39 Å². The Hall–Kier alpha value is -1.29. The van der Waals surface area contributed by atoms with Crippen molar-refractivity contribution in [2.24, 2.45) is 0 Å². The first-order chi connectivity index (χ1) is 5.58. The molecule has 0 spiro atoms. The van der Waals surface area contributed by atoms with E-state index in [1.165, 1.54) is 6.07 Å². The van der Waals surface area contributed by atoms with Crippen LogP contribution in [0, 0.1) is 18.2 Å². The summed E-state index contributed by atoms with van der Waals surface area (Å²) in [5, 5.41) is 0. The van der Waals surface area contributed by atoms with E-state index in [0.717, 1.165) is 0 Å². The van der Waals surface area contributed by atoms with Crippen LogP contribution < -0.4 is 0 Å². The highest BCUT2D eigenvalue weighted by Crippen LogP contribution is 2.24. The largest absolute Gasteiger partial charge is 0.207 e. The fourth-order valence-corrected chi connectivity index (χ4v) is 1.05. The minimum Gasteiger partial charge on any atom is -0.207 e. The molecule has 0 aliphatic heterocycles. The van der Waals surface area contributed by atoms with E-state index in [4.69, 9.17) is 6.42 Å². The van der Waals surface area contributed by atoms with Gasteiger partial charge in [0, 0.05) is 5.56 Å². The fourth-order valence-electron chi connectivity index (χ4n) is 1.05. The van der Waals surface area contributed by atoms with Crippen LogP contribution in [-0.2, 0) is 5.41 Å². The van der Waals surface area contributed by atoms with Crippen molar-refractivity contribution in [3.8, 4) is 12.3 Å². The number of hydrogen-bond acceptors (Lipinski definition) is 0. The van der Waals surface area contributed by atoms with Gasteiger partial charge in [-0.05, 0) is 19.9 Å². The average Bonchev–Trinajstić information content (AvgIpc) is 2.05. The first-order valence-electron chi connectivity index (χ1n) is 3.81. The predicted octanol–water partition coefficient (Wildman–Crippen LogP) is 2.74. The van der Waals surface area contributed by atoms with Crippen LogP contribution in [0.2, 0.25) is 0 Å². The zero-order valence-electron chi connectivity index (χ0n) is 7.26. The number of rotatable bonds is 1. The molecule has 0 radical (unpaired) electrons. The van der Waals surface area contributed by atoms with Crippen LogP contribution in [0.5, 0.6) is 0 Å². The second kappa shape index (κ2) is 2.98. The van der Waals surface area contributed by atoms with Crippen LogP contribution in [0.1, 0.15) is 19.4 Å². The molecular formula is C11H11F. The zero-order valence-corrected chi connectivity index (χ0v) is 7.26. The first kappa shape index (κ1) is 8.80. The van der Waals surface area contributed by atoms with Crippen LogP contribution in [0.15, 0.2) is 24.3 Å². The Morgan fingerprint density at radius 3 is 2.42 bits per heavy atom. The molecular weight excluding hydrogens is 151 g/mol. The molecule has 0 heterocycles. The Bertz CT molecular complexity index is 318. The molecule has 1 rings (SSSR count). The molecule has 0 aliphatic rings. The van der Waals surface area contributed by atoms with Gasteiger partial charge in [-0.3, -0.25) is 0 Å². The van der Waals surface area contributed by atoms with E-state index < -0.39 is 5.41 Å². The van der Waals surface area contributed by atoms with Crippen molar-refractivity contribution in [2.75, 3.05) is 0 Å². The van der Waals surface area contributed by atoms with Crippen LogP contribution in [0.4, 0.5) is 4.39 Å². The van der Waals surface area contributed by atoms with E-state index in [1.807, 2.05) is 13.8 Å². The van der Waals surface area contributed by atoms with Gasteiger partial charge in [-0.2, -0.15) is 0 Å². The maximum atomic E-state index is 13.2. The summed E-state index contributed by atoms with van der Waals surface area (Å²) in [5.41, 5.74) is 0.0539. The molecule has 1 aromatic rings. The highest BCUT2D eigenvalue weighted by Gasteiger charge is 2.20. The van der Waals surface area contributed by atoms with Crippen LogP contribution in [0.3, 0.4) is 0 Å². The Morgan fingerprint density at radius 1 is 1.33 bits per heavy atom. The fraction of sp³-hybridized carbons (Fsp3) is 0.273. The minimum absolute atomic E-state index is 0.236. The van der Waals surface area contributed by atoms with E-state index in [0.29, 0.717) is 5.56 Å². The van der Waals surface area contributed by atoms with Crippen molar-refractivity contribution in [2.45, 2.75) is 19.3 Å². The number of hydrogen-bond donors (Lipinski definition) is 0. The molecule has 12 heavy (non-hydrogen) atoms. The summed E-state index contributed by atoms with van der Waals surface area (Å²) in [7, 11) is 0. The van der Waals surface area contributed by atoms with Gasteiger partial charge in [0.25, 0.3) is 0 Å². The van der Waals surface area contributed by atoms with Gasteiger partial charge in [-0.15, -0.1) is 6.42 Å². The maximum absolute atomic E-state index is 13.2. The predicted molar refractivity (Wildman–Crippen MR) is 48.3 cm³/mol. The summed E-state index contributed by atoms with van der Waals surface area (Å²) in [6.45, 7) is 3.65. The lowest BCUT2D eigenvalue weighted by molar-refractivity contribution is 0.568. The molecule has 0 N–H and O–H groups in total. The van der Waals surface area contributed by atoms with E-state index in [-0.39, 0.29) is 5.82 Å². The molecule has 0 aliphatic carbocycles. The van der Waals surface area contributed by atoms with Gasteiger partial charge in [-0.1, -0.05) is 24.1 Å². The van der Waals surface area contributed by atoms with Crippen molar-refractivity contribution in [1.29, 1.82) is 0 Å². The van der Waals surface area contributed by atoms with E-state index in [9.17, 15) is 4.39 Å². The Labute approximate surface area is 72.4 Å². The highest BCUT2D eigenvalue weighted by molar-refractivity contribution is 5.32. The average molecular weight is 162 g/mol. The Kier molecular flexibility index (Phi) is 2.19. The van der Waals surface area contributed by atoms with Crippen molar-refractivity contribution in [3.05, 3.63) is 35.6 Å². The summed E-state index contributed by atoms with van der Waals surface area (Å²) >= 11 is 0. The van der Waals surface area contributed by atoms with E-state index in [1.54, 1.807) is 18.2 Å². The molecule has 0 fully saturated rings. The van der Waals surface area contributed by atoms with Gasteiger partial charge in [0.05, 0.1) is 5.41 Å². The van der Waals surface area contributed by atoms with Crippen LogP contribution in [-0.4, -0.2) is 0 Å². The SMILES string of the molecule is C#CC(C)(C)c1ccccc1F. The van der Waals surface area contributed by atoms with Crippen molar-refractivity contribution in [1.82, 2.24) is 0 Å². The van der Waals surface area contributed by atoms with Gasteiger partial charge >= 0.3 is 0 Å². The molecule has 0 saturated heterocycles. The molecule has 0 saturated carbocycles. The summed E-state index contributed by atoms with van der Waals surface area (Å²) in [6.07, 6.45) is 5.29. The smallest absolute Gasteiger partial charge is 0.127 e. The number of terminal acetylenes is 1. The third-order valence-corrected chi connectivity index (χ3v) is 1.91. The Balaban J connectivity index is 3.22. The molecule has 0 unspecified atom stereocenters. The van der Waals surface area contributed by atoms with Crippen molar-refractivity contribution >= 4 is 0 Å². The quantitative estimate of drug-likeness (QED) is 0.557. The Morgan fingerprint density at radius 2 is 1.92 bits per heavy atom. The molecule has 62 valence electrons. The van der Waals surface area contributed by atoms with Crippen LogP contribution in [0.25, 0.3) is 0 Å². The van der Waals surface area contributed by atoms with Gasteiger partial charge in [0.1, 0.15) is 5.82 Å². The van der Waals surface area contributed by atoms with Gasteiger partial charge in [0.15, 0.2) is 0 Å². The van der Waals surface area contributed by atoms with E-state index >= 15 is 0 Å². The number of halogens is 1. The summed E-state index contributed by atoms with van der Waals surface area (Å²) in [4.78, 5) is 0. The lowest BCUT2D eigenvalue weighted by Gasteiger charge is -2.18. The van der Waals surface area contributed by atoms with Crippen molar-refractivity contribution < 1.29 is 4.39 Å². The summed E-state index contributed by atoms with van der Waals surface area (Å²) in [6, 6.07) is 6.59. The molecule has 1 heteroatoms. The zero-order chi connectivity index (χ0) is 9.19. The standard InChI is InChI=1S/C11H11F/c1-4-11(2,3)9-7-5-6-8-10(9)12/h1,5-8H,2-3H3. The lowest BCUT2D eigenvalue weighted by Crippen LogP contribution is -2.15. The first-order valence-corrected chi connectivity index (χ1v) is 3.81. The molecule has 1 aromatic carbocycles. The molecule has 0 nitrogen and oxygen atoms in total. The second-order valence-electron chi connectivity index (χ2n) is 3.25. The van der Waals surface area contributed by atoms with E-state index in [2.05, 4.69) is 5.92 Å². The minimum atomic E-state index is -0.522. The maximum Gasteiger partial charge on any atom is 0.127 e. The topological polar surface area (TPSA) is 0 Å². The highest BCUT2D eigenvalue weighted by atomic mass is 19.1. The molecule has 0 bridgehead atoms. The molecule has 0 aromatic heterocycles. The second-order valence-corrected chi connectivity index (χ2v) is 3.25. The van der Waals surface area contributed by atoms with Crippen LogP contribution >= 0.6 is 0 Å². The lowest BCUT2D eigenvalue weighted by atomic mass is 9.85. The summed E-state index contributed by atoms with van der Waals surface area (Å²) < 4.78 is 13.2. The van der Waals surface area contributed by atoms with Gasteiger partial charge in [0.2, 0.25) is 0 Å². The van der Waals surface area contributed by atoms with Crippen molar-refractivity contribution in [3.63, 3.8) is 0 Å². The normalized spacial score (nSPS) is 10.8. The number of benzene rings is 1. The summed E-state index contributed by atoms with van der Waals surface area (Å²) in [5.74, 6) is 2.32. The molecule has 0 amide bonds. The molecule has 0 atom stereocenters. The monoisotopic (exact) mass is 162 g/mol. The third kappa shape index (κ3) is 1.48.